The Morgan fingerprint density at radius 2 is 1.67 bits per heavy atom. The summed E-state index contributed by atoms with van der Waals surface area (Å²) in [7, 11) is 0. The van der Waals surface area contributed by atoms with Gasteiger partial charge in [0.25, 0.3) is 5.60 Å². The third-order valence-electron chi connectivity index (χ3n) is 1.88. The maximum atomic E-state index is 10.7. The predicted molar refractivity (Wildman–Crippen MR) is 41.3 cm³/mol. The first-order chi connectivity index (χ1) is 6.90. The SMILES string of the molecule is O=C(O)C1COCC(C(=O)O)(C(=O)O)O1. The zero-order valence-electron chi connectivity index (χ0n) is 7.37. The molecule has 15 heavy (non-hydrogen) atoms. The van der Waals surface area contributed by atoms with Crippen molar-refractivity contribution in [1.29, 1.82) is 0 Å². The van der Waals surface area contributed by atoms with Gasteiger partial charge in [-0.25, -0.2) is 14.4 Å². The normalized spacial score (nSPS) is 24.4. The Morgan fingerprint density at radius 3 is 2.07 bits per heavy atom. The van der Waals surface area contributed by atoms with Crippen LogP contribution in [-0.4, -0.2) is 58.1 Å². The zero-order chi connectivity index (χ0) is 11.6. The minimum absolute atomic E-state index is 0.377. The van der Waals surface area contributed by atoms with Crippen LogP contribution < -0.4 is 0 Å². The van der Waals surface area contributed by atoms with Crippen LogP contribution in [0.15, 0.2) is 0 Å². The molecule has 0 aromatic carbocycles. The molecule has 3 N–H and O–H groups in total. The van der Waals surface area contributed by atoms with Crippen LogP contribution in [-0.2, 0) is 23.9 Å². The maximum Gasteiger partial charge on any atom is 0.350 e. The summed E-state index contributed by atoms with van der Waals surface area (Å²) in [6, 6.07) is 0. The van der Waals surface area contributed by atoms with Crippen LogP contribution in [0.5, 0.6) is 0 Å². The summed E-state index contributed by atoms with van der Waals surface area (Å²) in [4.78, 5) is 31.9. The number of aliphatic carboxylic acids is 3. The first kappa shape index (κ1) is 11.4. The molecule has 1 heterocycles. The van der Waals surface area contributed by atoms with Crippen molar-refractivity contribution in [3.8, 4) is 0 Å². The predicted octanol–water partition coefficient (Wildman–Crippen LogP) is -1.61. The van der Waals surface area contributed by atoms with E-state index in [2.05, 4.69) is 9.47 Å². The summed E-state index contributed by atoms with van der Waals surface area (Å²) in [5.74, 6) is -5.05. The Balaban J connectivity index is 2.95. The minimum atomic E-state index is -2.64. The van der Waals surface area contributed by atoms with E-state index in [-0.39, 0.29) is 6.61 Å². The maximum absolute atomic E-state index is 10.7. The van der Waals surface area contributed by atoms with Crippen LogP contribution in [0.3, 0.4) is 0 Å². The largest absolute Gasteiger partial charge is 0.479 e. The summed E-state index contributed by atoms with van der Waals surface area (Å²) in [6.07, 6.45) is -1.59. The number of hydrogen-bond acceptors (Lipinski definition) is 5. The van der Waals surface area contributed by atoms with Gasteiger partial charge in [-0.1, -0.05) is 0 Å². The Kier molecular flexibility index (Phi) is 2.91. The standard InChI is InChI=1S/C7H8O8/c8-4(9)3-1-14-2-7(15-3,5(10)11)6(12)13/h3H,1-2H2,(H,8,9)(H,10,11)(H,12,13). The molecule has 1 saturated heterocycles. The summed E-state index contributed by atoms with van der Waals surface area (Å²) < 4.78 is 9.15. The van der Waals surface area contributed by atoms with Crippen LogP contribution in [0, 0.1) is 0 Å². The van der Waals surface area contributed by atoms with E-state index in [9.17, 15) is 14.4 Å². The lowest BCUT2D eigenvalue weighted by Gasteiger charge is -2.32. The number of carboxylic acids is 3. The first-order valence-electron chi connectivity index (χ1n) is 3.85. The van der Waals surface area contributed by atoms with E-state index in [1.54, 1.807) is 0 Å². The van der Waals surface area contributed by atoms with E-state index in [0.29, 0.717) is 0 Å². The molecule has 84 valence electrons. The summed E-state index contributed by atoms with van der Waals surface area (Å²) in [5, 5.41) is 25.9. The van der Waals surface area contributed by atoms with Crippen molar-refractivity contribution in [3.63, 3.8) is 0 Å². The Morgan fingerprint density at radius 1 is 1.13 bits per heavy atom. The molecule has 0 spiro atoms. The molecule has 1 rings (SSSR count). The molecular formula is C7H8O8. The molecule has 0 aliphatic carbocycles. The minimum Gasteiger partial charge on any atom is -0.479 e. The lowest BCUT2D eigenvalue weighted by Crippen LogP contribution is -2.59. The van der Waals surface area contributed by atoms with E-state index in [1.165, 1.54) is 0 Å². The van der Waals surface area contributed by atoms with Crippen LogP contribution in [0.4, 0.5) is 0 Å². The van der Waals surface area contributed by atoms with Crippen molar-refractivity contribution >= 4 is 17.9 Å². The number of hydrogen-bond donors (Lipinski definition) is 3. The van der Waals surface area contributed by atoms with E-state index in [1.807, 2.05) is 0 Å². The molecule has 0 bridgehead atoms. The van der Waals surface area contributed by atoms with Crippen LogP contribution in [0.1, 0.15) is 0 Å². The fourth-order valence-electron chi connectivity index (χ4n) is 1.06. The van der Waals surface area contributed by atoms with Gasteiger partial charge in [0.2, 0.25) is 0 Å². The van der Waals surface area contributed by atoms with Gasteiger partial charge in [0.15, 0.2) is 6.10 Å². The van der Waals surface area contributed by atoms with Crippen molar-refractivity contribution in [2.45, 2.75) is 11.7 Å². The third-order valence-corrected chi connectivity index (χ3v) is 1.88. The van der Waals surface area contributed by atoms with Gasteiger partial charge < -0.3 is 24.8 Å². The van der Waals surface area contributed by atoms with E-state index in [4.69, 9.17) is 15.3 Å². The summed E-state index contributed by atoms with van der Waals surface area (Å²) in [5.41, 5.74) is -2.64. The highest BCUT2D eigenvalue weighted by Gasteiger charge is 2.54. The molecule has 1 aliphatic heterocycles. The lowest BCUT2D eigenvalue weighted by atomic mass is 10.0. The fraction of sp³-hybridized carbons (Fsp3) is 0.571. The fourth-order valence-corrected chi connectivity index (χ4v) is 1.06. The summed E-state index contributed by atoms with van der Waals surface area (Å²) >= 11 is 0. The Hall–Kier alpha value is -1.67. The second-order valence-corrected chi connectivity index (χ2v) is 2.90. The van der Waals surface area contributed by atoms with Gasteiger partial charge >= 0.3 is 17.9 Å². The lowest BCUT2D eigenvalue weighted by molar-refractivity contribution is -0.226. The number of carboxylic acid groups (broad SMARTS) is 3. The monoisotopic (exact) mass is 220 g/mol. The highest BCUT2D eigenvalue weighted by molar-refractivity contribution is 6.02. The van der Waals surface area contributed by atoms with Gasteiger partial charge in [-0.2, -0.15) is 0 Å². The van der Waals surface area contributed by atoms with E-state index < -0.39 is 36.2 Å². The molecule has 1 atom stereocenters. The van der Waals surface area contributed by atoms with Crippen molar-refractivity contribution in [3.05, 3.63) is 0 Å². The topological polar surface area (TPSA) is 130 Å². The molecule has 0 aromatic heterocycles. The number of ether oxygens (including phenoxy) is 2. The molecule has 8 nitrogen and oxygen atoms in total. The Labute approximate surface area is 83.0 Å². The molecular weight excluding hydrogens is 212 g/mol. The molecule has 8 heteroatoms. The smallest absolute Gasteiger partial charge is 0.350 e. The van der Waals surface area contributed by atoms with Gasteiger partial charge in [-0.3, -0.25) is 0 Å². The van der Waals surface area contributed by atoms with Gasteiger partial charge in [-0.05, 0) is 0 Å². The molecule has 1 fully saturated rings. The Bertz CT molecular complexity index is 294. The van der Waals surface area contributed by atoms with Crippen LogP contribution in [0.2, 0.25) is 0 Å². The van der Waals surface area contributed by atoms with Gasteiger partial charge in [-0.15, -0.1) is 0 Å². The van der Waals surface area contributed by atoms with Crippen molar-refractivity contribution in [1.82, 2.24) is 0 Å². The molecule has 0 saturated carbocycles. The van der Waals surface area contributed by atoms with Crippen molar-refractivity contribution in [2.75, 3.05) is 13.2 Å². The molecule has 0 amide bonds. The van der Waals surface area contributed by atoms with Gasteiger partial charge in [0.1, 0.15) is 0 Å². The second kappa shape index (κ2) is 3.83. The van der Waals surface area contributed by atoms with E-state index in [0.717, 1.165) is 0 Å². The van der Waals surface area contributed by atoms with Gasteiger partial charge in [0.05, 0.1) is 13.2 Å². The number of rotatable bonds is 3. The molecule has 1 aliphatic rings. The second-order valence-electron chi connectivity index (χ2n) is 2.90. The highest BCUT2D eigenvalue weighted by atomic mass is 16.6. The average molecular weight is 220 g/mol. The van der Waals surface area contributed by atoms with E-state index >= 15 is 0 Å². The first-order valence-corrected chi connectivity index (χ1v) is 3.85. The third kappa shape index (κ3) is 1.90. The zero-order valence-corrected chi connectivity index (χ0v) is 7.37. The quantitative estimate of drug-likeness (QED) is 0.484. The molecule has 0 aromatic rings. The van der Waals surface area contributed by atoms with Crippen molar-refractivity contribution < 1.29 is 39.2 Å². The summed E-state index contributed by atoms with van der Waals surface area (Å²) in [6.45, 7) is -1.10. The number of carbonyl (C=O) groups is 3. The molecule has 0 radical (unpaired) electrons. The highest BCUT2D eigenvalue weighted by Crippen LogP contribution is 2.21. The van der Waals surface area contributed by atoms with Gasteiger partial charge in [0, 0.05) is 0 Å². The molecule has 1 unspecified atom stereocenters. The van der Waals surface area contributed by atoms with Crippen LogP contribution in [0.25, 0.3) is 0 Å². The average Bonchev–Trinajstić information content (AvgIpc) is 2.17. The van der Waals surface area contributed by atoms with Crippen molar-refractivity contribution in [2.24, 2.45) is 0 Å². The van der Waals surface area contributed by atoms with Crippen LogP contribution >= 0.6 is 0 Å².